The number of carbonyl (C=O) groups excluding carboxylic acids is 2. The van der Waals surface area contributed by atoms with Gasteiger partial charge in [0.1, 0.15) is 12.6 Å². The SMILES string of the molecule is COC(=O)[C@@H](N)CC(=O)CO. The minimum Gasteiger partial charge on any atom is -0.468 e. The minimum atomic E-state index is -0.959. The van der Waals surface area contributed by atoms with Gasteiger partial charge in [0.15, 0.2) is 5.78 Å². The normalized spacial score (nSPS) is 12.3. The molecule has 3 N–H and O–H groups in total. The Labute approximate surface area is 64.1 Å². The van der Waals surface area contributed by atoms with Crippen molar-refractivity contribution >= 4 is 11.8 Å². The highest BCUT2D eigenvalue weighted by molar-refractivity contribution is 5.86. The summed E-state index contributed by atoms with van der Waals surface area (Å²) in [6, 6.07) is -0.959. The highest BCUT2D eigenvalue weighted by atomic mass is 16.5. The fraction of sp³-hybridized carbons (Fsp3) is 0.667. The monoisotopic (exact) mass is 161 g/mol. The van der Waals surface area contributed by atoms with Crippen molar-refractivity contribution in [3.05, 3.63) is 0 Å². The van der Waals surface area contributed by atoms with Crippen LogP contribution in [0.15, 0.2) is 0 Å². The molecule has 11 heavy (non-hydrogen) atoms. The number of carbonyl (C=O) groups is 2. The Morgan fingerprint density at radius 1 is 1.64 bits per heavy atom. The Balaban J connectivity index is 3.77. The van der Waals surface area contributed by atoms with Gasteiger partial charge < -0.3 is 15.6 Å². The average molecular weight is 161 g/mol. The van der Waals surface area contributed by atoms with Crippen LogP contribution in [0.25, 0.3) is 0 Å². The summed E-state index contributed by atoms with van der Waals surface area (Å²) in [6.45, 7) is -0.593. The quantitative estimate of drug-likeness (QED) is 0.486. The number of ketones is 1. The van der Waals surface area contributed by atoms with Crippen LogP contribution in [0.1, 0.15) is 6.42 Å². The van der Waals surface area contributed by atoms with Gasteiger partial charge in [-0.25, -0.2) is 0 Å². The summed E-state index contributed by atoms with van der Waals surface area (Å²) < 4.78 is 4.26. The molecule has 1 atom stereocenters. The van der Waals surface area contributed by atoms with E-state index in [4.69, 9.17) is 10.8 Å². The maximum atomic E-state index is 10.6. The van der Waals surface area contributed by atoms with Gasteiger partial charge in [-0.2, -0.15) is 0 Å². The van der Waals surface area contributed by atoms with E-state index in [2.05, 4.69) is 4.74 Å². The van der Waals surface area contributed by atoms with Crippen LogP contribution in [0.4, 0.5) is 0 Å². The predicted molar refractivity (Wildman–Crippen MR) is 36.7 cm³/mol. The van der Waals surface area contributed by atoms with Crippen LogP contribution in [0, 0.1) is 0 Å². The second kappa shape index (κ2) is 4.81. The summed E-state index contributed by atoms with van der Waals surface area (Å²) in [5.74, 6) is -1.12. The Bertz CT molecular complexity index is 157. The minimum absolute atomic E-state index is 0.177. The van der Waals surface area contributed by atoms with Gasteiger partial charge in [-0.3, -0.25) is 9.59 Å². The van der Waals surface area contributed by atoms with Gasteiger partial charge in [-0.15, -0.1) is 0 Å². The predicted octanol–water partition coefficient (Wildman–Crippen LogP) is -1.56. The van der Waals surface area contributed by atoms with Crippen molar-refractivity contribution in [1.82, 2.24) is 0 Å². The first kappa shape index (κ1) is 10.1. The van der Waals surface area contributed by atoms with Gasteiger partial charge >= 0.3 is 5.97 Å². The fourth-order valence-corrected chi connectivity index (χ4v) is 0.545. The Hall–Kier alpha value is -0.940. The molecular weight excluding hydrogens is 150 g/mol. The van der Waals surface area contributed by atoms with Gasteiger partial charge in [0, 0.05) is 6.42 Å². The molecule has 0 radical (unpaired) electrons. The van der Waals surface area contributed by atoms with Gasteiger partial charge in [0.05, 0.1) is 7.11 Å². The summed E-state index contributed by atoms with van der Waals surface area (Å²) in [7, 11) is 1.19. The third-order valence-electron chi connectivity index (χ3n) is 1.13. The number of aliphatic hydroxyl groups excluding tert-OH is 1. The molecule has 0 heterocycles. The van der Waals surface area contributed by atoms with Crippen molar-refractivity contribution in [3.63, 3.8) is 0 Å². The smallest absolute Gasteiger partial charge is 0.323 e. The zero-order valence-corrected chi connectivity index (χ0v) is 6.24. The lowest BCUT2D eigenvalue weighted by Crippen LogP contribution is -2.34. The molecule has 0 unspecified atom stereocenters. The van der Waals surface area contributed by atoms with Crippen molar-refractivity contribution in [2.24, 2.45) is 5.73 Å². The first-order valence-corrected chi connectivity index (χ1v) is 3.07. The number of ether oxygens (including phenoxy) is 1. The summed E-state index contributed by atoms with van der Waals surface area (Å²) in [4.78, 5) is 21.1. The van der Waals surface area contributed by atoms with Crippen molar-refractivity contribution in [2.75, 3.05) is 13.7 Å². The molecule has 0 aromatic heterocycles. The van der Waals surface area contributed by atoms with E-state index < -0.39 is 24.4 Å². The molecule has 0 aromatic rings. The fourth-order valence-electron chi connectivity index (χ4n) is 0.545. The van der Waals surface area contributed by atoms with E-state index in [0.717, 1.165) is 0 Å². The van der Waals surface area contributed by atoms with Crippen molar-refractivity contribution in [1.29, 1.82) is 0 Å². The van der Waals surface area contributed by atoms with Crippen LogP contribution in [-0.2, 0) is 14.3 Å². The molecule has 0 aromatic carbocycles. The molecule has 0 saturated carbocycles. The Morgan fingerprint density at radius 3 is 2.55 bits per heavy atom. The summed E-state index contributed by atoms with van der Waals surface area (Å²) in [5.41, 5.74) is 5.20. The van der Waals surface area contributed by atoms with Crippen molar-refractivity contribution in [2.45, 2.75) is 12.5 Å². The molecule has 0 fully saturated rings. The number of esters is 1. The van der Waals surface area contributed by atoms with E-state index in [-0.39, 0.29) is 6.42 Å². The maximum Gasteiger partial charge on any atom is 0.323 e. The number of methoxy groups -OCH3 is 1. The number of nitrogens with two attached hydrogens (primary N) is 1. The Morgan fingerprint density at radius 2 is 2.18 bits per heavy atom. The van der Waals surface area contributed by atoms with Crippen molar-refractivity contribution in [3.8, 4) is 0 Å². The molecule has 0 saturated heterocycles. The molecule has 0 aliphatic heterocycles. The highest BCUT2D eigenvalue weighted by Crippen LogP contribution is 1.91. The summed E-state index contributed by atoms with van der Waals surface area (Å²) >= 11 is 0. The number of Topliss-reactive ketones (excluding diaryl/α,β-unsaturated/α-hetero) is 1. The molecule has 5 heteroatoms. The number of rotatable bonds is 4. The number of aliphatic hydroxyl groups is 1. The molecule has 0 bridgehead atoms. The van der Waals surface area contributed by atoms with Gasteiger partial charge in [-0.1, -0.05) is 0 Å². The van der Waals surface area contributed by atoms with Gasteiger partial charge in [0.25, 0.3) is 0 Å². The van der Waals surface area contributed by atoms with Crippen molar-refractivity contribution < 1.29 is 19.4 Å². The summed E-state index contributed by atoms with van der Waals surface area (Å²) in [5, 5.41) is 8.28. The molecule has 0 rings (SSSR count). The third kappa shape index (κ3) is 3.69. The lowest BCUT2D eigenvalue weighted by atomic mass is 10.1. The van der Waals surface area contributed by atoms with E-state index in [1.54, 1.807) is 0 Å². The lowest BCUT2D eigenvalue weighted by Gasteiger charge is -2.05. The first-order valence-electron chi connectivity index (χ1n) is 3.07. The standard InChI is InChI=1S/C6H11NO4/c1-11-6(10)5(7)2-4(9)3-8/h5,8H,2-3,7H2,1H3/t5-/m0/s1. The second-order valence-electron chi connectivity index (χ2n) is 2.03. The average Bonchev–Trinajstić information content (AvgIpc) is 2.02. The highest BCUT2D eigenvalue weighted by Gasteiger charge is 2.16. The molecular formula is C6H11NO4. The van der Waals surface area contributed by atoms with Crippen LogP contribution < -0.4 is 5.73 Å². The zero-order valence-electron chi connectivity index (χ0n) is 6.24. The number of hydrogen-bond acceptors (Lipinski definition) is 5. The van der Waals surface area contributed by atoms with E-state index in [9.17, 15) is 9.59 Å². The van der Waals surface area contributed by atoms with Crippen LogP contribution in [-0.4, -0.2) is 36.6 Å². The van der Waals surface area contributed by atoms with Crippen LogP contribution >= 0.6 is 0 Å². The van der Waals surface area contributed by atoms with E-state index in [1.807, 2.05) is 0 Å². The first-order chi connectivity index (χ1) is 5.11. The maximum absolute atomic E-state index is 10.6. The molecule has 0 spiro atoms. The zero-order chi connectivity index (χ0) is 8.85. The van der Waals surface area contributed by atoms with Crippen LogP contribution in [0.5, 0.6) is 0 Å². The number of hydrogen-bond donors (Lipinski definition) is 2. The van der Waals surface area contributed by atoms with Gasteiger partial charge in [-0.05, 0) is 0 Å². The second-order valence-corrected chi connectivity index (χ2v) is 2.03. The van der Waals surface area contributed by atoms with E-state index in [0.29, 0.717) is 0 Å². The molecule has 0 amide bonds. The molecule has 5 nitrogen and oxygen atoms in total. The third-order valence-corrected chi connectivity index (χ3v) is 1.13. The molecule has 0 aliphatic carbocycles. The Kier molecular flexibility index (Phi) is 4.40. The van der Waals surface area contributed by atoms with Crippen LogP contribution in [0.3, 0.4) is 0 Å². The van der Waals surface area contributed by atoms with E-state index in [1.165, 1.54) is 7.11 Å². The van der Waals surface area contributed by atoms with Crippen LogP contribution in [0.2, 0.25) is 0 Å². The summed E-state index contributed by atoms with van der Waals surface area (Å²) in [6.07, 6.45) is -0.177. The van der Waals surface area contributed by atoms with E-state index >= 15 is 0 Å². The van der Waals surface area contributed by atoms with Gasteiger partial charge in [0.2, 0.25) is 0 Å². The molecule has 64 valence electrons. The largest absolute Gasteiger partial charge is 0.468 e. The topological polar surface area (TPSA) is 89.6 Å². The lowest BCUT2D eigenvalue weighted by molar-refractivity contribution is -0.143. The molecule has 0 aliphatic rings.